The van der Waals surface area contributed by atoms with Crippen LogP contribution in [0.2, 0.25) is 5.02 Å². The molecule has 0 heterocycles. The van der Waals surface area contributed by atoms with E-state index in [1.54, 1.807) is 0 Å². The van der Waals surface area contributed by atoms with Crippen molar-refractivity contribution in [2.45, 2.75) is 6.42 Å². The molecule has 2 N–H and O–H groups in total. The van der Waals surface area contributed by atoms with Crippen molar-refractivity contribution in [1.29, 1.82) is 0 Å². The highest BCUT2D eigenvalue weighted by atomic mass is 35.5. The second-order valence-electron chi connectivity index (χ2n) is 2.46. The van der Waals surface area contributed by atoms with Crippen LogP contribution in [0.15, 0.2) is 12.1 Å². The Morgan fingerprint density at radius 2 is 2.15 bits per heavy atom. The number of phenolic OH excluding ortho intramolecular Hbond substituents is 1. The van der Waals surface area contributed by atoms with E-state index in [0.717, 1.165) is 12.1 Å². The van der Waals surface area contributed by atoms with E-state index in [0.29, 0.717) is 0 Å². The molecule has 0 aromatic heterocycles. The van der Waals surface area contributed by atoms with Crippen molar-refractivity contribution in [3.05, 3.63) is 28.5 Å². The summed E-state index contributed by atoms with van der Waals surface area (Å²) in [7, 11) is 0. The third-order valence-electron chi connectivity index (χ3n) is 1.45. The summed E-state index contributed by atoms with van der Waals surface area (Å²) in [5, 5.41) is 17.2. The number of benzene rings is 1. The van der Waals surface area contributed by atoms with Crippen molar-refractivity contribution in [1.82, 2.24) is 0 Å². The standard InChI is InChI=1S/C8H6ClFO3/c9-6-1-4(11)2-7(10)5(6)3-8(12)13/h1-2,11H,3H2,(H,12,13). The van der Waals surface area contributed by atoms with E-state index < -0.39 is 18.2 Å². The molecular formula is C8H6ClFO3. The average molecular weight is 205 g/mol. The molecule has 0 bridgehead atoms. The Kier molecular flexibility index (Phi) is 2.72. The average Bonchev–Trinajstić information content (AvgIpc) is 1.96. The van der Waals surface area contributed by atoms with Gasteiger partial charge in [0.15, 0.2) is 0 Å². The maximum absolute atomic E-state index is 13.0. The highest BCUT2D eigenvalue weighted by molar-refractivity contribution is 6.31. The molecule has 0 radical (unpaired) electrons. The van der Waals surface area contributed by atoms with Crippen LogP contribution in [0.1, 0.15) is 5.56 Å². The number of carbonyl (C=O) groups is 1. The number of aliphatic carboxylic acids is 1. The predicted molar refractivity (Wildman–Crippen MR) is 44.4 cm³/mol. The van der Waals surface area contributed by atoms with Gasteiger partial charge in [0.25, 0.3) is 0 Å². The number of hydrogen-bond acceptors (Lipinski definition) is 2. The lowest BCUT2D eigenvalue weighted by Crippen LogP contribution is -2.03. The molecule has 70 valence electrons. The molecule has 0 saturated heterocycles. The molecule has 0 aliphatic heterocycles. The fourth-order valence-electron chi connectivity index (χ4n) is 0.910. The van der Waals surface area contributed by atoms with E-state index in [1.165, 1.54) is 0 Å². The highest BCUT2D eigenvalue weighted by Gasteiger charge is 2.12. The van der Waals surface area contributed by atoms with Gasteiger partial charge in [-0.3, -0.25) is 4.79 Å². The summed E-state index contributed by atoms with van der Waals surface area (Å²) in [6.45, 7) is 0. The summed E-state index contributed by atoms with van der Waals surface area (Å²) < 4.78 is 13.0. The number of phenols is 1. The van der Waals surface area contributed by atoms with Gasteiger partial charge in [0, 0.05) is 11.6 Å². The van der Waals surface area contributed by atoms with Crippen molar-refractivity contribution in [3.63, 3.8) is 0 Å². The van der Waals surface area contributed by atoms with Crippen molar-refractivity contribution in [3.8, 4) is 5.75 Å². The van der Waals surface area contributed by atoms with Crippen molar-refractivity contribution < 1.29 is 19.4 Å². The molecule has 1 aromatic rings. The van der Waals surface area contributed by atoms with Crippen LogP contribution in [0.3, 0.4) is 0 Å². The first-order valence-corrected chi connectivity index (χ1v) is 3.77. The second kappa shape index (κ2) is 3.62. The summed E-state index contributed by atoms with van der Waals surface area (Å²) >= 11 is 5.52. The number of halogens is 2. The molecule has 0 saturated carbocycles. The van der Waals surface area contributed by atoms with Crippen LogP contribution >= 0.6 is 11.6 Å². The summed E-state index contributed by atoms with van der Waals surface area (Å²) in [5.74, 6) is -2.31. The molecule has 0 fully saturated rings. The zero-order valence-electron chi connectivity index (χ0n) is 6.42. The molecule has 0 atom stereocenters. The molecule has 5 heteroatoms. The van der Waals surface area contributed by atoms with E-state index >= 15 is 0 Å². The van der Waals surface area contributed by atoms with E-state index in [4.69, 9.17) is 21.8 Å². The molecular weight excluding hydrogens is 199 g/mol. The number of hydrogen-bond donors (Lipinski definition) is 2. The first kappa shape index (κ1) is 9.80. The Labute approximate surface area is 78.4 Å². The summed E-state index contributed by atoms with van der Waals surface area (Å²) in [6, 6.07) is 1.92. The Balaban J connectivity index is 3.13. The van der Waals surface area contributed by atoms with Crippen molar-refractivity contribution in [2.24, 2.45) is 0 Å². The first-order valence-electron chi connectivity index (χ1n) is 3.39. The molecule has 3 nitrogen and oxygen atoms in total. The van der Waals surface area contributed by atoms with Crippen LogP contribution in [0.4, 0.5) is 4.39 Å². The largest absolute Gasteiger partial charge is 0.508 e. The Bertz CT molecular complexity index is 328. The van der Waals surface area contributed by atoms with Gasteiger partial charge in [-0.15, -0.1) is 0 Å². The van der Waals surface area contributed by atoms with Crippen LogP contribution in [-0.2, 0) is 11.2 Å². The Hall–Kier alpha value is -1.29. The Morgan fingerprint density at radius 3 is 2.62 bits per heavy atom. The molecule has 0 aliphatic rings. The molecule has 1 rings (SSSR count). The van der Waals surface area contributed by atoms with Crippen LogP contribution in [0.5, 0.6) is 5.75 Å². The van der Waals surface area contributed by atoms with Gasteiger partial charge < -0.3 is 10.2 Å². The van der Waals surface area contributed by atoms with E-state index in [2.05, 4.69) is 0 Å². The van der Waals surface area contributed by atoms with Gasteiger partial charge in [0.05, 0.1) is 11.4 Å². The summed E-state index contributed by atoms with van der Waals surface area (Å²) in [4.78, 5) is 10.3. The summed E-state index contributed by atoms with van der Waals surface area (Å²) in [6.07, 6.45) is -0.495. The fourth-order valence-corrected chi connectivity index (χ4v) is 1.18. The van der Waals surface area contributed by atoms with Gasteiger partial charge in [-0.05, 0) is 6.07 Å². The van der Waals surface area contributed by atoms with Gasteiger partial charge in [0.1, 0.15) is 11.6 Å². The third kappa shape index (κ3) is 2.32. The van der Waals surface area contributed by atoms with Gasteiger partial charge in [-0.2, -0.15) is 0 Å². The SMILES string of the molecule is O=C(O)Cc1c(F)cc(O)cc1Cl. The van der Waals surface area contributed by atoms with Crippen LogP contribution in [-0.4, -0.2) is 16.2 Å². The highest BCUT2D eigenvalue weighted by Crippen LogP contribution is 2.25. The van der Waals surface area contributed by atoms with Gasteiger partial charge >= 0.3 is 5.97 Å². The lowest BCUT2D eigenvalue weighted by atomic mass is 10.1. The smallest absolute Gasteiger partial charge is 0.307 e. The normalized spacial score (nSPS) is 10.0. The van der Waals surface area contributed by atoms with E-state index in [-0.39, 0.29) is 16.3 Å². The zero-order chi connectivity index (χ0) is 10.0. The number of aromatic hydroxyl groups is 1. The molecule has 13 heavy (non-hydrogen) atoms. The van der Waals surface area contributed by atoms with E-state index in [1.807, 2.05) is 0 Å². The fraction of sp³-hybridized carbons (Fsp3) is 0.125. The number of rotatable bonds is 2. The quantitative estimate of drug-likeness (QED) is 0.773. The molecule has 0 spiro atoms. The van der Waals surface area contributed by atoms with Crippen molar-refractivity contribution >= 4 is 17.6 Å². The number of carboxylic acid groups (broad SMARTS) is 1. The molecule has 0 unspecified atom stereocenters. The monoisotopic (exact) mass is 204 g/mol. The minimum Gasteiger partial charge on any atom is -0.508 e. The zero-order valence-corrected chi connectivity index (χ0v) is 7.18. The van der Waals surface area contributed by atoms with Crippen LogP contribution in [0, 0.1) is 5.82 Å². The minimum absolute atomic E-state index is 0.0834. The Morgan fingerprint density at radius 1 is 1.54 bits per heavy atom. The van der Waals surface area contributed by atoms with Crippen LogP contribution < -0.4 is 0 Å². The number of carboxylic acids is 1. The third-order valence-corrected chi connectivity index (χ3v) is 1.79. The predicted octanol–water partition coefficient (Wildman–Crippen LogP) is 1.81. The lowest BCUT2D eigenvalue weighted by molar-refractivity contribution is -0.136. The van der Waals surface area contributed by atoms with Gasteiger partial charge in [-0.1, -0.05) is 11.6 Å². The maximum Gasteiger partial charge on any atom is 0.307 e. The maximum atomic E-state index is 13.0. The topological polar surface area (TPSA) is 57.5 Å². The minimum atomic E-state index is -1.17. The second-order valence-corrected chi connectivity index (χ2v) is 2.87. The molecule has 0 amide bonds. The molecule has 1 aromatic carbocycles. The van der Waals surface area contributed by atoms with Gasteiger partial charge in [0.2, 0.25) is 0 Å². The first-order chi connectivity index (χ1) is 6.00. The van der Waals surface area contributed by atoms with Crippen LogP contribution in [0.25, 0.3) is 0 Å². The lowest BCUT2D eigenvalue weighted by Gasteiger charge is -2.03. The summed E-state index contributed by atoms with van der Waals surface area (Å²) in [5.41, 5.74) is -0.119. The molecule has 0 aliphatic carbocycles. The van der Waals surface area contributed by atoms with E-state index in [9.17, 15) is 9.18 Å². The van der Waals surface area contributed by atoms with Gasteiger partial charge in [-0.25, -0.2) is 4.39 Å². The van der Waals surface area contributed by atoms with Crippen molar-refractivity contribution in [2.75, 3.05) is 0 Å².